The molecule has 0 rings (SSSR count). The summed E-state index contributed by atoms with van der Waals surface area (Å²) >= 11 is 0. The number of carbonyl (C=O) groups is 1. The zero-order chi connectivity index (χ0) is 14.9. The molecule has 0 atom stereocenters. The topological polar surface area (TPSA) is 40.1 Å². The third kappa shape index (κ3) is 22.1. The van der Waals surface area contributed by atoms with Gasteiger partial charge >= 0.3 is 29.6 Å². The molecule has 2 nitrogen and oxygen atoms in total. The van der Waals surface area contributed by atoms with Crippen LogP contribution >= 0.6 is 0 Å². The summed E-state index contributed by atoms with van der Waals surface area (Å²) < 4.78 is 0. The second kappa shape index (κ2) is 19.7. The molecule has 0 aromatic carbocycles. The minimum Gasteiger partial charge on any atom is -0.550 e. The zero-order valence-corrected chi connectivity index (χ0v) is 15.9. The van der Waals surface area contributed by atoms with E-state index in [4.69, 9.17) is 0 Å². The summed E-state index contributed by atoms with van der Waals surface area (Å²) in [6, 6.07) is 0. The maximum absolute atomic E-state index is 10.2. The second-order valence-electron chi connectivity index (χ2n) is 5.00. The van der Waals surface area contributed by atoms with Gasteiger partial charge in [0.15, 0.2) is 0 Å². The van der Waals surface area contributed by atoms with Crippen molar-refractivity contribution >= 4 is 5.97 Å². The Balaban J connectivity index is 0. The quantitative estimate of drug-likeness (QED) is 0.292. The van der Waals surface area contributed by atoms with Gasteiger partial charge in [0, 0.05) is 5.97 Å². The van der Waals surface area contributed by atoms with Gasteiger partial charge in [-0.2, -0.15) is 0 Å². The van der Waals surface area contributed by atoms with Crippen LogP contribution in [0.3, 0.4) is 0 Å². The van der Waals surface area contributed by atoms with Crippen molar-refractivity contribution in [3.63, 3.8) is 0 Å². The molecule has 0 saturated heterocycles. The van der Waals surface area contributed by atoms with Crippen molar-refractivity contribution in [2.24, 2.45) is 0 Å². The van der Waals surface area contributed by atoms with Gasteiger partial charge in [-0.3, -0.25) is 0 Å². The number of carboxylic acid groups (broad SMARTS) is 1. The van der Waals surface area contributed by atoms with Crippen LogP contribution in [0.1, 0.15) is 71.1 Å². The van der Waals surface area contributed by atoms with E-state index in [-0.39, 0.29) is 36.0 Å². The van der Waals surface area contributed by atoms with Crippen LogP contribution in [0.4, 0.5) is 0 Å². The van der Waals surface area contributed by atoms with Crippen molar-refractivity contribution in [2.75, 3.05) is 0 Å². The molecule has 0 radical (unpaired) electrons. The zero-order valence-electron chi connectivity index (χ0n) is 13.9. The van der Waals surface area contributed by atoms with Crippen molar-refractivity contribution in [2.45, 2.75) is 71.1 Å². The number of carboxylic acids is 1. The average molecular weight is 300 g/mol. The number of rotatable bonds is 13. The van der Waals surface area contributed by atoms with Crippen molar-refractivity contribution in [1.29, 1.82) is 0 Å². The van der Waals surface area contributed by atoms with Gasteiger partial charge < -0.3 is 9.90 Å². The van der Waals surface area contributed by atoms with Gasteiger partial charge in [-0.25, -0.2) is 0 Å². The molecule has 0 aliphatic rings. The maximum Gasteiger partial charge on any atom is 1.00 e. The Labute approximate surface area is 152 Å². The van der Waals surface area contributed by atoms with Crippen LogP contribution in [0.2, 0.25) is 0 Å². The van der Waals surface area contributed by atoms with Crippen molar-refractivity contribution in [3.8, 4) is 0 Å². The second-order valence-corrected chi connectivity index (χ2v) is 5.00. The molecule has 0 amide bonds. The third-order valence-electron chi connectivity index (χ3n) is 3.02. The van der Waals surface area contributed by atoms with Gasteiger partial charge in [-0.15, -0.1) is 0 Å². The van der Waals surface area contributed by atoms with Crippen LogP contribution in [0.5, 0.6) is 0 Å². The summed E-state index contributed by atoms with van der Waals surface area (Å²) in [5.41, 5.74) is 0. The van der Waals surface area contributed by atoms with E-state index in [2.05, 4.69) is 43.4 Å². The first-order chi connectivity index (χ1) is 9.77. The Kier molecular flexibility index (Phi) is 21.5. The Bertz CT molecular complexity index is 306. The smallest absolute Gasteiger partial charge is 0.550 e. The largest absolute Gasteiger partial charge is 1.00 e. The van der Waals surface area contributed by atoms with Gasteiger partial charge in [-0.1, -0.05) is 62.6 Å². The third-order valence-corrected chi connectivity index (χ3v) is 3.02. The molecular weight excluding hydrogens is 271 g/mol. The number of allylic oxidation sites excluding steroid dienone is 6. The van der Waals surface area contributed by atoms with Crippen LogP contribution in [0.15, 0.2) is 36.5 Å². The summed E-state index contributed by atoms with van der Waals surface area (Å²) in [5, 5.41) is 10.2. The molecule has 0 aliphatic heterocycles. The Morgan fingerprint density at radius 1 is 0.810 bits per heavy atom. The van der Waals surface area contributed by atoms with Crippen LogP contribution in [0.25, 0.3) is 0 Å². The van der Waals surface area contributed by atoms with Crippen molar-refractivity contribution in [3.05, 3.63) is 36.5 Å². The van der Waals surface area contributed by atoms with Crippen LogP contribution < -0.4 is 34.7 Å². The van der Waals surface area contributed by atoms with Gasteiger partial charge in [0.25, 0.3) is 0 Å². The summed E-state index contributed by atoms with van der Waals surface area (Å²) in [4.78, 5) is 10.2. The number of hydrogen-bond donors (Lipinski definition) is 0. The van der Waals surface area contributed by atoms with Gasteiger partial charge in [0.2, 0.25) is 0 Å². The monoisotopic (exact) mass is 300 g/mol. The first kappa shape index (κ1) is 23.0. The van der Waals surface area contributed by atoms with Gasteiger partial charge in [0.05, 0.1) is 0 Å². The predicted molar refractivity (Wildman–Crippen MR) is 84.3 cm³/mol. The molecule has 0 N–H and O–H groups in total. The molecular formula is C18H29NaO2. The van der Waals surface area contributed by atoms with E-state index < -0.39 is 5.97 Å². The van der Waals surface area contributed by atoms with E-state index in [1.807, 2.05) is 0 Å². The number of carbonyl (C=O) groups excluding carboxylic acids is 1. The fourth-order valence-electron chi connectivity index (χ4n) is 1.81. The fraction of sp³-hybridized carbons (Fsp3) is 0.611. The fourth-order valence-corrected chi connectivity index (χ4v) is 1.81. The summed E-state index contributed by atoms with van der Waals surface area (Å²) in [6.45, 7) is 2.21. The first-order valence-corrected chi connectivity index (χ1v) is 7.92. The van der Waals surface area contributed by atoms with Crippen LogP contribution in [0, 0.1) is 0 Å². The molecule has 0 spiro atoms. The molecule has 21 heavy (non-hydrogen) atoms. The van der Waals surface area contributed by atoms with E-state index >= 15 is 0 Å². The molecule has 0 bridgehead atoms. The van der Waals surface area contributed by atoms with E-state index in [1.165, 1.54) is 19.3 Å². The molecule has 0 saturated carbocycles. The van der Waals surface area contributed by atoms with E-state index in [9.17, 15) is 9.90 Å². The summed E-state index contributed by atoms with van der Waals surface area (Å²) in [7, 11) is 0. The van der Waals surface area contributed by atoms with Crippen LogP contribution in [-0.2, 0) is 4.79 Å². The minimum atomic E-state index is -0.936. The van der Waals surface area contributed by atoms with Crippen molar-refractivity contribution in [1.82, 2.24) is 0 Å². The molecule has 0 fully saturated rings. The Morgan fingerprint density at radius 2 is 1.33 bits per heavy atom. The minimum absolute atomic E-state index is 0. The summed E-state index contributed by atoms with van der Waals surface area (Å²) in [5.74, 6) is -0.936. The molecule has 0 aromatic rings. The Hall–Kier alpha value is -0.310. The molecule has 114 valence electrons. The van der Waals surface area contributed by atoms with Gasteiger partial charge in [-0.05, 0) is 44.9 Å². The average Bonchev–Trinajstić information content (AvgIpc) is 2.43. The molecule has 0 aliphatic carbocycles. The predicted octanol–water partition coefficient (Wildman–Crippen LogP) is 1.33. The molecule has 0 heterocycles. The number of unbranched alkanes of at least 4 members (excludes halogenated alkanes) is 5. The van der Waals surface area contributed by atoms with E-state index in [1.54, 1.807) is 0 Å². The number of aliphatic carboxylic acids is 1. The van der Waals surface area contributed by atoms with Crippen molar-refractivity contribution < 1.29 is 39.5 Å². The molecule has 0 aromatic heterocycles. The van der Waals surface area contributed by atoms with Gasteiger partial charge in [0.1, 0.15) is 0 Å². The summed E-state index contributed by atoms with van der Waals surface area (Å²) in [6.07, 6.45) is 23.0. The van der Waals surface area contributed by atoms with E-state index in [0.29, 0.717) is 0 Å². The van der Waals surface area contributed by atoms with E-state index in [0.717, 1.165) is 38.5 Å². The number of hydrogen-bond acceptors (Lipinski definition) is 2. The standard InChI is InChI=1S/C18H30O2.Na/c1-2-3-4-5-6-7-8-9-10-11-12-13-14-15-16-17-18(19)20;/h5-6,8-9,11-12H,2-4,7,10,13-17H2,1H3,(H,19,20);/q;+1/p-1. The van der Waals surface area contributed by atoms with Crippen LogP contribution in [-0.4, -0.2) is 5.97 Å². The maximum atomic E-state index is 10.2. The Morgan fingerprint density at radius 3 is 1.86 bits per heavy atom. The SMILES string of the molecule is CCCCC=CCC=CCC=CCCCCCC(=O)[O-].[Na+]. The molecule has 0 unspecified atom stereocenters. The molecule has 3 heteroatoms. The first-order valence-electron chi connectivity index (χ1n) is 7.92. The normalized spacial score (nSPS) is 11.5.